The van der Waals surface area contributed by atoms with Crippen molar-refractivity contribution in [3.63, 3.8) is 0 Å². The van der Waals surface area contributed by atoms with Crippen LogP contribution in [0.15, 0.2) is 36.4 Å². The Hall–Kier alpha value is -2.12. The Morgan fingerprint density at radius 3 is 2.44 bits per heavy atom. The van der Waals surface area contributed by atoms with Crippen LogP contribution in [0.3, 0.4) is 0 Å². The average Bonchev–Trinajstić information content (AvgIpc) is 2.33. The van der Waals surface area contributed by atoms with Crippen molar-refractivity contribution in [2.45, 2.75) is 0 Å². The number of benzene rings is 2. The summed E-state index contributed by atoms with van der Waals surface area (Å²) in [6.45, 7) is 0. The maximum Gasteiger partial charge on any atom is 0.148 e. The van der Waals surface area contributed by atoms with Gasteiger partial charge in [0.25, 0.3) is 0 Å². The molecular weight excluding hydrogens is 258 g/mol. The summed E-state index contributed by atoms with van der Waals surface area (Å²) in [6.07, 6.45) is 0. The highest BCUT2D eigenvalue weighted by atomic mass is 35.5. The molecule has 2 aromatic rings. The highest BCUT2D eigenvalue weighted by Gasteiger charge is 2.06. The van der Waals surface area contributed by atoms with E-state index in [0.29, 0.717) is 5.69 Å². The minimum atomic E-state index is -0.656. The van der Waals surface area contributed by atoms with Gasteiger partial charge in [0.15, 0.2) is 0 Å². The standard InChI is InChI=1S/C13H7ClF2N2/c14-9-2-4-13(12(16)5-9)18-10-3-1-8(7-17)11(15)6-10/h1-6,18H. The molecule has 0 radical (unpaired) electrons. The van der Waals surface area contributed by atoms with Gasteiger partial charge in [-0.15, -0.1) is 0 Å². The van der Waals surface area contributed by atoms with Crippen LogP contribution in [0.1, 0.15) is 5.56 Å². The fourth-order valence-corrected chi connectivity index (χ4v) is 1.59. The third-order valence-corrected chi connectivity index (χ3v) is 2.53. The lowest BCUT2D eigenvalue weighted by Crippen LogP contribution is -1.95. The van der Waals surface area contributed by atoms with Crippen molar-refractivity contribution in [1.29, 1.82) is 5.26 Å². The van der Waals surface area contributed by atoms with Crippen LogP contribution in [-0.4, -0.2) is 0 Å². The van der Waals surface area contributed by atoms with Crippen LogP contribution in [0.4, 0.5) is 20.2 Å². The summed E-state index contributed by atoms with van der Waals surface area (Å²) in [5, 5.41) is 11.6. The average molecular weight is 265 g/mol. The monoisotopic (exact) mass is 264 g/mol. The molecule has 90 valence electrons. The van der Waals surface area contributed by atoms with Crippen molar-refractivity contribution in [3.05, 3.63) is 58.6 Å². The number of rotatable bonds is 2. The second kappa shape index (κ2) is 5.03. The van der Waals surface area contributed by atoms with Gasteiger partial charge in [-0.2, -0.15) is 5.26 Å². The molecule has 0 heterocycles. The molecule has 0 aliphatic heterocycles. The van der Waals surface area contributed by atoms with Crippen LogP contribution in [0, 0.1) is 23.0 Å². The van der Waals surface area contributed by atoms with Crippen LogP contribution >= 0.6 is 11.6 Å². The Morgan fingerprint density at radius 2 is 1.83 bits per heavy atom. The number of nitrogens with zero attached hydrogens (tertiary/aromatic N) is 1. The molecule has 0 aliphatic carbocycles. The van der Waals surface area contributed by atoms with E-state index in [1.807, 2.05) is 0 Å². The Balaban J connectivity index is 2.29. The van der Waals surface area contributed by atoms with E-state index in [4.69, 9.17) is 16.9 Å². The largest absolute Gasteiger partial charge is 0.353 e. The molecule has 0 atom stereocenters. The molecule has 5 heteroatoms. The minimum Gasteiger partial charge on any atom is -0.353 e. The topological polar surface area (TPSA) is 35.8 Å². The van der Waals surface area contributed by atoms with E-state index in [1.165, 1.54) is 24.3 Å². The molecule has 0 spiro atoms. The maximum absolute atomic E-state index is 13.5. The number of nitrogens with one attached hydrogen (secondary N) is 1. The van der Waals surface area contributed by atoms with E-state index >= 15 is 0 Å². The van der Waals surface area contributed by atoms with Gasteiger partial charge in [0, 0.05) is 10.7 Å². The molecule has 0 bridgehead atoms. The fourth-order valence-electron chi connectivity index (χ4n) is 1.43. The van der Waals surface area contributed by atoms with E-state index < -0.39 is 11.6 Å². The zero-order valence-corrected chi connectivity index (χ0v) is 9.80. The summed E-state index contributed by atoms with van der Waals surface area (Å²) in [5.41, 5.74) is 0.480. The molecule has 0 aliphatic rings. The molecule has 18 heavy (non-hydrogen) atoms. The summed E-state index contributed by atoms with van der Waals surface area (Å²) < 4.78 is 26.8. The van der Waals surface area contributed by atoms with Crippen LogP contribution in [0.5, 0.6) is 0 Å². The number of hydrogen-bond donors (Lipinski definition) is 1. The van der Waals surface area contributed by atoms with Gasteiger partial charge in [0.2, 0.25) is 0 Å². The van der Waals surface area contributed by atoms with Gasteiger partial charge in [-0.1, -0.05) is 11.6 Å². The molecular formula is C13H7ClF2N2. The summed E-state index contributed by atoms with van der Waals surface area (Å²) in [4.78, 5) is 0. The Labute approximate surface area is 107 Å². The number of halogens is 3. The predicted octanol–water partition coefficient (Wildman–Crippen LogP) is 4.23. The second-order valence-corrected chi connectivity index (χ2v) is 3.99. The third kappa shape index (κ3) is 2.58. The summed E-state index contributed by atoms with van der Waals surface area (Å²) >= 11 is 5.62. The maximum atomic E-state index is 13.5. The lowest BCUT2D eigenvalue weighted by Gasteiger charge is -2.08. The molecule has 2 aromatic carbocycles. The van der Waals surface area contributed by atoms with Crippen molar-refractivity contribution >= 4 is 23.0 Å². The fraction of sp³-hybridized carbons (Fsp3) is 0. The van der Waals surface area contributed by atoms with E-state index in [9.17, 15) is 8.78 Å². The SMILES string of the molecule is N#Cc1ccc(Nc2ccc(Cl)cc2F)cc1F. The van der Waals surface area contributed by atoms with Crippen LogP contribution in [-0.2, 0) is 0 Å². The molecule has 0 amide bonds. The lowest BCUT2D eigenvalue weighted by molar-refractivity contribution is 0.623. The van der Waals surface area contributed by atoms with Crippen molar-refractivity contribution in [2.75, 3.05) is 5.32 Å². The van der Waals surface area contributed by atoms with Gasteiger partial charge in [0.1, 0.15) is 17.7 Å². The Morgan fingerprint density at radius 1 is 1.06 bits per heavy atom. The van der Waals surface area contributed by atoms with E-state index in [2.05, 4.69) is 5.32 Å². The molecule has 1 N–H and O–H groups in total. The van der Waals surface area contributed by atoms with E-state index in [-0.39, 0.29) is 16.3 Å². The van der Waals surface area contributed by atoms with E-state index in [1.54, 1.807) is 6.07 Å². The number of nitriles is 1. The molecule has 0 aromatic heterocycles. The van der Waals surface area contributed by atoms with Crippen molar-refractivity contribution < 1.29 is 8.78 Å². The van der Waals surface area contributed by atoms with Gasteiger partial charge < -0.3 is 5.32 Å². The summed E-state index contributed by atoms with van der Waals surface area (Å²) in [6, 6.07) is 9.79. The van der Waals surface area contributed by atoms with Gasteiger partial charge >= 0.3 is 0 Å². The van der Waals surface area contributed by atoms with Crippen molar-refractivity contribution in [1.82, 2.24) is 0 Å². The van der Waals surface area contributed by atoms with Crippen LogP contribution < -0.4 is 5.32 Å². The number of hydrogen-bond acceptors (Lipinski definition) is 2. The second-order valence-electron chi connectivity index (χ2n) is 3.56. The molecule has 0 fully saturated rings. The lowest BCUT2D eigenvalue weighted by atomic mass is 10.2. The smallest absolute Gasteiger partial charge is 0.148 e. The highest BCUT2D eigenvalue weighted by molar-refractivity contribution is 6.30. The van der Waals surface area contributed by atoms with Gasteiger partial charge in [0.05, 0.1) is 11.3 Å². The van der Waals surface area contributed by atoms with Gasteiger partial charge in [-0.3, -0.25) is 0 Å². The molecule has 2 nitrogen and oxygen atoms in total. The Kier molecular flexibility index (Phi) is 3.45. The zero-order chi connectivity index (χ0) is 13.1. The van der Waals surface area contributed by atoms with Crippen LogP contribution in [0.2, 0.25) is 5.02 Å². The normalized spacial score (nSPS) is 9.89. The first kappa shape index (κ1) is 12.3. The first-order valence-electron chi connectivity index (χ1n) is 5.02. The first-order valence-corrected chi connectivity index (χ1v) is 5.39. The first-order chi connectivity index (χ1) is 8.60. The summed E-state index contributed by atoms with van der Waals surface area (Å²) in [5.74, 6) is -1.19. The van der Waals surface area contributed by atoms with Crippen molar-refractivity contribution in [2.24, 2.45) is 0 Å². The molecule has 0 unspecified atom stereocenters. The predicted molar refractivity (Wildman–Crippen MR) is 65.8 cm³/mol. The Bertz CT molecular complexity index is 635. The van der Waals surface area contributed by atoms with E-state index in [0.717, 1.165) is 12.1 Å². The minimum absolute atomic E-state index is 0.0582. The summed E-state index contributed by atoms with van der Waals surface area (Å²) in [7, 11) is 0. The van der Waals surface area contributed by atoms with Crippen molar-refractivity contribution in [3.8, 4) is 6.07 Å². The van der Waals surface area contributed by atoms with Gasteiger partial charge in [-0.25, -0.2) is 8.78 Å². The van der Waals surface area contributed by atoms with Gasteiger partial charge in [-0.05, 0) is 36.4 Å². The third-order valence-electron chi connectivity index (χ3n) is 2.30. The van der Waals surface area contributed by atoms with Crippen LogP contribution in [0.25, 0.3) is 0 Å². The number of anilines is 2. The quantitative estimate of drug-likeness (QED) is 0.881. The molecule has 0 saturated heterocycles. The molecule has 0 saturated carbocycles. The highest BCUT2D eigenvalue weighted by Crippen LogP contribution is 2.23. The zero-order valence-electron chi connectivity index (χ0n) is 9.05. The molecule has 2 rings (SSSR count).